The Labute approximate surface area is 180 Å². The van der Waals surface area contributed by atoms with E-state index >= 15 is 0 Å². The summed E-state index contributed by atoms with van der Waals surface area (Å²) in [5.74, 6) is -2.31. The smallest absolute Gasteiger partial charge is 0.492 e. The number of aromatic hydroxyl groups is 1. The van der Waals surface area contributed by atoms with Crippen molar-refractivity contribution in [2.24, 2.45) is 5.41 Å². The Bertz CT molecular complexity index is 1100. The van der Waals surface area contributed by atoms with Gasteiger partial charge in [0.25, 0.3) is 17.4 Å². The molecule has 1 aliphatic rings. The number of aromatic nitrogens is 3. The van der Waals surface area contributed by atoms with Crippen LogP contribution in [0.5, 0.6) is 5.88 Å². The molecule has 3 rings (SSSR count). The van der Waals surface area contributed by atoms with Crippen molar-refractivity contribution in [1.29, 1.82) is 0 Å². The average Bonchev–Trinajstić information content (AvgIpc) is 3.34. The lowest BCUT2D eigenvalue weighted by molar-refractivity contribution is -0.323. The van der Waals surface area contributed by atoms with E-state index in [9.17, 15) is 32.7 Å². The van der Waals surface area contributed by atoms with E-state index in [1.165, 1.54) is 10.6 Å². The molecule has 13 heteroatoms. The van der Waals surface area contributed by atoms with Crippen molar-refractivity contribution in [3.05, 3.63) is 27.7 Å². The Morgan fingerprint density at radius 1 is 1.25 bits per heavy atom. The molecule has 1 fully saturated rings. The van der Waals surface area contributed by atoms with E-state index in [1.807, 2.05) is 20.8 Å². The van der Waals surface area contributed by atoms with Gasteiger partial charge in [0, 0.05) is 25.2 Å². The third-order valence-electron chi connectivity index (χ3n) is 4.51. The predicted octanol–water partition coefficient (Wildman–Crippen LogP) is 1.41. The SMILES string of the molecule is CC(C)(C)Cn1c(=O)c(C(=O)NC2CC2)c(O)n2nc(C(=O)NCCOC(F)(F)F)cc12. The van der Waals surface area contributed by atoms with E-state index in [-0.39, 0.29) is 23.9 Å². The molecular formula is C19H24F3N5O5. The van der Waals surface area contributed by atoms with Crippen LogP contribution in [-0.4, -0.2) is 56.7 Å². The molecule has 0 radical (unpaired) electrons. The first-order chi connectivity index (χ1) is 14.8. The largest absolute Gasteiger partial charge is 0.522 e. The molecular weight excluding hydrogens is 435 g/mol. The molecule has 0 unspecified atom stereocenters. The van der Waals surface area contributed by atoms with E-state index in [4.69, 9.17) is 0 Å². The number of amides is 2. The average molecular weight is 459 g/mol. The Hall–Kier alpha value is -3.09. The third kappa shape index (κ3) is 5.58. The van der Waals surface area contributed by atoms with Crippen LogP contribution in [0.3, 0.4) is 0 Å². The highest BCUT2D eigenvalue weighted by Crippen LogP contribution is 2.24. The number of hydrogen-bond acceptors (Lipinski definition) is 6. The second kappa shape index (κ2) is 8.45. The summed E-state index contributed by atoms with van der Waals surface area (Å²) in [6.45, 7) is 4.48. The first kappa shape index (κ1) is 23.6. The van der Waals surface area contributed by atoms with Gasteiger partial charge in [-0.05, 0) is 18.3 Å². The predicted molar refractivity (Wildman–Crippen MR) is 105 cm³/mol. The number of ether oxygens (including phenoxy) is 1. The number of hydrogen-bond donors (Lipinski definition) is 3. The van der Waals surface area contributed by atoms with E-state index in [0.717, 1.165) is 17.4 Å². The van der Waals surface area contributed by atoms with Crippen molar-refractivity contribution in [3.63, 3.8) is 0 Å². The maximum absolute atomic E-state index is 13.1. The number of carbonyl (C=O) groups excluding carboxylic acids is 2. The number of nitrogens with zero attached hydrogens (tertiary/aromatic N) is 3. The first-order valence-corrected chi connectivity index (χ1v) is 9.92. The topological polar surface area (TPSA) is 127 Å². The fourth-order valence-electron chi connectivity index (χ4n) is 3.00. The van der Waals surface area contributed by atoms with Gasteiger partial charge in [0.1, 0.15) is 5.65 Å². The molecule has 2 heterocycles. The molecule has 0 aromatic carbocycles. The van der Waals surface area contributed by atoms with Gasteiger partial charge in [0.2, 0.25) is 5.88 Å². The summed E-state index contributed by atoms with van der Waals surface area (Å²) >= 11 is 0. The molecule has 0 bridgehead atoms. The Balaban J connectivity index is 1.97. The number of rotatable bonds is 7. The second-order valence-corrected chi connectivity index (χ2v) is 8.75. The molecule has 2 aromatic heterocycles. The van der Waals surface area contributed by atoms with Gasteiger partial charge in [-0.25, -0.2) is 0 Å². The standard InChI is InChI=1S/C19H24F3N5O5/c1-18(2,3)9-26-12-8-11(14(28)23-6-7-32-19(20,21)22)25-27(12)17(31)13(16(26)30)15(29)24-10-4-5-10/h8,10,31H,4-7,9H2,1-3H3,(H,23,28)(H,24,29). The van der Waals surface area contributed by atoms with E-state index in [0.29, 0.717) is 0 Å². The van der Waals surface area contributed by atoms with Crippen LogP contribution in [-0.2, 0) is 11.3 Å². The minimum Gasteiger partial charge on any atom is -0.492 e. The minimum absolute atomic E-state index is 0.0575. The van der Waals surface area contributed by atoms with Crippen LogP contribution in [0.25, 0.3) is 5.65 Å². The summed E-state index contributed by atoms with van der Waals surface area (Å²) in [5, 5.41) is 19.4. The molecule has 1 aliphatic carbocycles. The van der Waals surface area contributed by atoms with Gasteiger partial charge in [-0.15, -0.1) is 13.2 Å². The number of halogens is 3. The number of carbonyl (C=O) groups is 2. The van der Waals surface area contributed by atoms with Gasteiger partial charge in [-0.3, -0.25) is 23.7 Å². The van der Waals surface area contributed by atoms with Crippen LogP contribution < -0.4 is 16.2 Å². The summed E-state index contributed by atoms with van der Waals surface area (Å²) in [7, 11) is 0. The van der Waals surface area contributed by atoms with E-state index in [1.54, 1.807) is 0 Å². The Morgan fingerprint density at radius 3 is 2.47 bits per heavy atom. The second-order valence-electron chi connectivity index (χ2n) is 8.75. The van der Waals surface area contributed by atoms with Crippen LogP contribution in [0.15, 0.2) is 10.9 Å². The zero-order chi connectivity index (χ0) is 23.8. The van der Waals surface area contributed by atoms with Crippen molar-refractivity contribution in [2.75, 3.05) is 13.2 Å². The zero-order valence-corrected chi connectivity index (χ0v) is 17.7. The van der Waals surface area contributed by atoms with Gasteiger partial charge in [-0.1, -0.05) is 20.8 Å². The summed E-state index contributed by atoms with van der Waals surface area (Å²) in [6, 6.07) is 1.15. The van der Waals surface area contributed by atoms with Gasteiger partial charge >= 0.3 is 6.36 Å². The molecule has 2 amide bonds. The quantitative estimate of drug-likeness (QED) is 0.538. The van der Waals surface area contributed by atoms with Gasteiger partial charge in [0.15, 0.2) is 11.3 Å². The Kier molecular flexibility index (Phi) is 6.22. The van der Waals surface area contributed by atoms with E-state index < -0.39 is 53.7 Å². The molecule has 0 aliphatic heterocycles. The monoisotopic (exact) mass is 459 g/mol. The highest BCUT2D eigenvalue weighted by atomic mass is 19.4. The molecule has 0 spiro atoms. The maximum atomic E-state index is 13.1. The lowest BCUT2D eigenvalue weighted by Gasteiger charge is -2.21. The van der Waals surface area contributed by atoms with Crippen molar-refractivity contribution < 1.29 is 32.6 Å². The summed E-state index contributed by atoms with van der Waals surface area (Å²) in [4.78, 5) is 38.0. The summed E-state index contributed by atoms with van der Waals surface area (Å²) in [6.07, 6.45) is -3.27. The molecule has 32 heavy (non-hydrogen) atoms. The maximum Gasteiger partial charge on any atom is 0.522 e. The molecule has 0 atom stereocenters. The van der Waals surface area contributed by atoms with Crippen molar-refractivity contribution in [2.45, 2.75) is 52.6 Å². The van der Waals surface area contributed by atoms with E-state index in [2.05, 4.69) is 20.5 Å². The Morgan fingerprint density at radius 2 is 1.91 bits per heavy atom. The fraction of sp³-hybridized carbons (Fsp3) is 0.579. The van der Waals surface area contributed by atoms with Gasteiger partial charge in [-0.2, -0.15) is 9.61 Å². The number of alkyl halides is 3. The normalized spacial score (nSPS) is 14.6. The van der Waals surface area contributed by atoms with Crippen LogP contribution in [0.2, 0.25) is 0 Å². The van der Waals surface area contributed by atoms with Crippen LogP contribution in [0.1, 0.15) is 54.5 Å². The fourth-order valence-corrected chi connectivity index (χ4v) is 3.00. The molecule has 1 saturated carbocycles. The van der Waals surface area contributed by atoms with Gasteiger partial charge < -0.3 is 15.7 Å². The first-order valence-electron chi connectivity index (χ1n) is 9.92. The van der Waals surface area contributed by atoms with Crippen molar-refractivity contribution in [3.8, 4) is 5.88 Å². The van der Waals surface area contributed by atoms with Crippen LogP contribution in [0.4, 0.5) is 13.2 Å². The van der Waals surface area contributed by atoms with Gasteiger partial charge in [0.05, 0.1) is 6.61 Å². The lowest BCUT2D eigenvalue weighted by atomic mass is 9.97. The number of nitrogens with one attached hydrogen (secondary N) is 2. The van der Waals surface area contributed by atoms with Crippen molar-refractivity contribution >= 4 is 17.5 Å². The lowest BCUT2D eigenvalue weighted by Crippen LogP contribution is -2.37. The van der Waals surface area contributed by atoms with Crippen molar-refractivity contribution in [1.82, 2.24) is 24.8 Å². The molecule has 0 saturated heterocycles. The molecule has 2 aromatic rings. The number of fused-ring (bicyclic) bond motifs is 1. The molecule has 10 nitrogen and oxygen atoms in total. The minimum atomic E-state index is -4.82. The molecule has 3 N–H and O–H groups in total. The third-order valence-corrected chi connectivity index (χ3v) is 4.51. The summed E-state index contributed by atoms with van der Waals surface area (Å²) in [5.41, 5.74) is -1.85. The highest BCUT2D eigenvalue weighted by Gasteiger charge is 2.31. The zero-order valence-electron chi connectivity index (χ0n) is 17.7. The van der Waals surface area contributed by atoms with Crippen LogP contribution >= 0.6 is 0 Å². The molecule has 176 valence electrons. The highest BCUT2D eigenvalue weighted by molar-refractivity contribution is 5.97. The van der Waals surface area contributed by atoms with Crippen LogP contribution in [0, 0.1) is 5.41 Å². The summed E-state index contributed by atoms with van der Waals surface area (Å²) < 4.78 is 41.9.